The maximum Gasteiger partial charge on any atom is 0 e. The van der Waals surface area contributed by atoms with Crippen LogP contribution >= 0.6 is 0 Å². The molecule has 0 aliphatic carbocycles. The van der Waals surface area contributed by atoms with E-state index in [1.807, 2.05) is 18.2 Å². The van der Waals surface area contributed by atoms with Gasteiger partial charge in [-0.05, 0) is 0 Å². The number of rotatable bonds is 0. The van der Waals surface area contributed by atoms with Crippen LogP contribution in [0.5, 0.6) is 0 Å². The van der Waals surface area contributed by atoms with E-state index in [4.69, 9.17) is 10.5 Å². The quantitative estimate of drug-likeness (QED) is 0.224. The predicted octanol–water partition coefficient (Wildman–Crippen LogP) is 6.10. The molecule has 31 heavy (non-hydrogen) atoms. The van der Waals surface area contributed by atoms with Gasteiger partial charge >= 0.3 is 0 Å². The van der Waals surface area contributed by atoms with E-state index in [0.29, 0.717) is 0 Å². The molecule has 3 saturated heterocycles. The number of hydrogen-bond donors (Lipinski definition) is 0. The Bertz CT molecular complexity index is 365. The summed E-state index contributed by atoms with van der Waals surface area (Å²) in [5.74, 6) is 0. The minimum absolute atomic E-state index is 0. The molecule has 182 valence electrons. The summed E-state index contributed by atoms with van der Waals surface area (Å²) >= 11 is 7.40. The number of nitriles is 2. The van der Waals surface area contributed by atoms with Gasteiger partial charge in [-0.15, -0.1) is 51.9 Å². The molecule has 0 aromatic rings. The third-order valence-corrected chi connectivity index (χ3v) is 4.05. The second-order valence-corrected chi connectivity index (χ2v) is 6.88. The van der Waals surface area contributed by atoms with Crippen LogP contribution in [0.2, 0.25) is 0 Å². The molecule has 0 bridgehead atoms. The summed E-state index contributed by atoms with van der Waals surface area (Å²) < 4.78 is 0. The molecule has 6 nitrogen and oxygen atoms in total. The molecule has 0 N–H and O–H groups in total. The summed E-state index contributed by atoms with van der Waals surface area (Å²) in [6, 6.07) is 0. The van der Waals surface area contributed by atoms with E-state index in [0.717, 1.165) is 45.8 Å². The number of piperidine rings is 3. The SMILES string of the molecule is C1=CC[N-]C=C1.C1CC[N-]CC1.C1CC[N-]CC1.C1CC[N-]CC1.N#C[S-].N#C[S-].[Ni]. The molecule has 0 aromatic carbocycles. The van der Waals surface area contributed by atoms with Crippen LogP contribution in [0.1, 0.15) is 57.8 Å². The second-order valence-electron chi connectivity index (χ2n) is 6.51. The van der Waals surface area contributed by atoms with Crippen molar-refractivity contribution in [3.63, 3.8) is 0 Å². The molecule has 0 saturated carbocycles. The van der Waals surface area contributed by atoms with Gasteiger partial charge in [-0.1, -0.05) is 80.7 Å². The smallest absolute Gasteiger partial charge is 0 e. The Morgan fingerprint density at radius 2 is 0.903 bits per heavy atom. The minimum atomic E-state index is 0. The zero-order valence-corrected chi connectivity index (χ0v) is 21.1. The Morgan fingerprint density at radius 3 is 0.968 bits per heavy atom. The summed E-state index contributed by atoms with van der Waals surface area (Å²) in [6.45, 7) is 7.61. The van der Waals surface area contributed by atoms with Gasteiger partial charge in [-0.25, -0.2) is 10.5 Å². The van der Waals surface area contributed by atoms with Crippen LogP contribution in [0.25, 0.3) is 21.3 Å². The van der Waals surface area contributed by atoms with E-state index in [1.165, 1.54) is 68.6 Å². The van der Waals surface area contributed by atoms with Crippen molar-refractivity contribution in [2.75, 3.05) is 45.8 Å². The molecular weight excluding hydrogens is 471 g/mol. The Kier molecular flexibility index (Phi) is 40.8. The molecule has 9 heteroatoms. The molecule has 0 radical (unpaired) electrons. The molecule has 0 atom stereocenters. The van der Waals surface area contributed by atoms with Crippen molar-refractivity contribution in [1.29, 1.82) is 10.5 Å². The second kappa shape index (κ2) is 36.4. The standard InChI is InChI=1S/3C5H10N.C5H6N.2CHNS.Ni/c4*1-2-4-6-5-3-1;2*2-1-3;/h3*1-5H2;1-4H,5H2;2*3H;/q4*-1;;;/p-2. The third-order valence-electron chi connectivity index (χ3n) is 4.05. The van der Waals surface area contributed by atoms with Gasteiger partial charge in [0.15, 0.2) is 0 Å². The molecular formula is C22H36N6NiS2-6. The van der Waals surface area contributed by atoms with Crippen LogP contribution in [0.4, 0.5) is 0 Å². The van der Waals surface area contributed by atoms with Crippen molar-refractivity contribution in [2.24, 2.45) is 0 Å². The number of thiocyanates is 2. The van der Waals surface area contributed by atoms with E-state index >= 15 is 0 Å². The number of nitrogens with zero attached hydrogens (tertiary/aromatic N) is 6. The fourth-order valence-electron chi connectivity index (χ4n) is 2.58. The number of allylic oxidation sites excluding steroid dienone is 2. The summed E-state index contributed by atoms with van der Waals surface area (Å²) in [7, 11) is 0. The van der Waals surface area contributed by atoms with Gasteiger partial charge < -0.3 is 46.5 Å². The minimum Gasteiger partial charge on any atom is -0.696 e. The topological polar surface area (TPSA) is 104 Å². The molecule has 4 aliphatic rings. The Morgan fingerprint density at radius 1 is 0.581 bits per heavy atom. The Hall–Kier alpha value is -0.926. The van der Waals surface area contributed by atoms with E-state index in [-0.39, 0.29) is 16.5 Å². The molecule has 0 spiro atoms. The average Bonchev–Trinajstić information content (AvgIpc) is 2.86. The van der Waals surface area contributed by atoms with E-state index < -0.39 is 0 Å². The first-order chi connectivity index (χ1) is 14.8. The van der Waals surface area contributed by atoms with Crippen LogP contribution < -0.4 is 0 Å². The maximum absolute atomic E-state index is 7.13. The monoisotopic (exact) mass is 506 g/mol. The van der Waals surface area contributed by atoms with E-state index in [2.05, 4.69) is 46.5 Å². The van der Waals surface area contributed by atoms with Gasteiger partial charge in [0, 0.05) is 16.5 Å². The largest absolute Gasteiger partial charge is 0.696 e. The molecule has 0 aromatic heterocycles. The summed E-state index contributed by atoms with van der Waals surface area (Å²) in [6.07, 6.45) is 20.0. The van der Waals surface area contributed by atoms with Crippen LogP contribution in [0.15, 0.2) is 24.4 Å². The van der Waals surface area contributed by atoms with E-state index in [9.17, 15) is 0 Å². The predicted molar refractivity (Wildman–Crippen MR) is 133 cm³/mol. The molecule has 4 heterocycles. The average molecular weight is 507 g/mol. The number of hydrogen-bond acceptors (Lipinski definition) is 4. The summed E-state index contributed by atoms with van der Waals surface area (Å²) in [5.41, 5.74) is 0. The fraction of sp³-hybridized carbons (Fsp3) is 0.727. The first kappa shape index (κ1) is 34.7. The molecule has 4 aliphatic heterocycles. The van der Waals surface area contributed by atoms with Crippen molar-refractivity contribution < 1.29 is 16.5 Å². The Balaban J connectivity index is -0.000000309. The van der Waals surface area contributed by atoms with Crippen LogP contribution in [0, 0.1) is 21.3 Å². The van der Waals surface area contributed by atoms with Gasteiger partial charge in [-0.3, -0.25) is 0 Å². The van der Waals surface area contributed by atoms with Gasteiger partial charge in [-0.2, -0.15) is 6.20 Å². The van der Waals surface area contributed by atoms with Crippen molar-refractivity contribution in [3.8, 4) is 10.8 Å². The Labute approximate surface area is 211 Å². The first-order valence-corrected chi connectivity index (χ1v) is 11.6. The molecule has 3 fully saturated rings. The van der Waals surface area contributed by atoms with Crippen molar-refractivity contribution in [1.82, 2.24) is 0 Å². The van der Waals surface area contributed by atoms with E-state index in [1.54, 1.807) is 6.20 Å². The third kappa shape index (κ3) is 40.0. The van der Waals surface area contributed by atoms with Crippen LogP contribution in [-0.4, -0.2) is 45.8 Å². The molecule has 4 rings (SSSR count). The van der Waals surface area contributed by atoms with Gasteiger partial charge in [0.2, 0.25) is 0 Å². The molecule has 0 unspecified atom stereocenters. The van der Waals surface area contributed by atoms with Crippen molar-refractivity contribution in [2.45, 2.75) is 57.8 Å². The maximum atomic E-state index is 7.13. The van der Waals surface area contributed by atoms with Gasteiger partial charge in [0.05, 0.1) is 0 Å². The first-order valence-electron chi connectivity index (χ1n) is 10.7. The van der Waals surface area contributed by atoms with Gasteiger partial charge in [0.1, 0.15) is 0 Å². The fourth-order valence-corrected chi connectivity index (χ4v) is 2.58. The zero-order valence-electron chi connectivity index (χ0n) is 18.4. The zero-order chi connectivity index (χ0) is 22.4. The summed E-state index contributed by atoms with van der Waals surface area (Å²) in [5, 5.41) is 33.4. The van der Waals surface area contributed by atoms with Crippen molar-refractivity contribution in [3.05, 3.63) is 45.7 Å². The van der Waals surface area contributed by atoms with Gasteiger partial charge in [0.25, 0.3) is 0 Å². The molecule has 0 amide bonds. The van der Waals surface area contributed by atoms with Crippen LogP contribution in [0.3, 0.4) is 0 Å². The van der Waals surface area contributed by atoms with Crippen LogP contribution in [-0.2, 0) is 41.7 Å². The normalized spacial score (nSPS) is 17.7. The van der Waals surface area contributed by atoms with Crippen molar-refractivity contribution >= 4 is 25.3 Å². The summed E-state index contributed by atoms with van der Waals surface area (Å²) in [4.78, 5) is 0.